The third kappa shape index (κ3) is 5.28. The summed E-state index contributed by atoms with van der Waals surface area (Å²) in [6.45, 7) is 2.29. The SMILES string of the molecule is C=C(CC(=O)O)C(=O)OCC(O)CO. The van der Waals surface area contributed by atoms with Gasteiger partial charge in [0.2, 0.25) is 0 Å². The minimum Gasteiger partial charge on any atom is -0.481 e. The first-order valence-electron chi connectivity index (χ1n) is 3.83. The zero-order valence-corrected chi connectivity index (χ0v) is 7.47. The number of carboxylic acid groups (broad SMARTS) is 1. The number of aliphatic carboxylic acids is 1. The molecule has 0 radical (unpaired) electrons. The number of hydrogen-bond donors (Lipinski definition) is 3. The van der Waals surface area contributed by atoms with Crippen LogP contribution in [-0.2, 0) is 14.3 Å². The Kier molecular flexibility index (Phi) is 5.50. The van der Waals surface area contributed by atoms with Crippen molar-refractivity contribution in [1.29, 1.82) is 0 Å². The van der Waals surface area contributed by atoms with Crippen LogP contribution in [0.4, 0.5) is 0 Å². The average molecular weight is 204 g/mol. The highest BCUT2D eigenvalue weighted by atomic mass is 16.5. The molecule has 0 aromatic rings. The molecule has 0 fully saturated rings. The fourth-order valence-electron chi connectivity index (χ4n) is 0.581. The van der Waals surface area contributed by atoms with Crippen molar-refractivity contribution in [1.82, 2.24) is 0 Å². The first-order valence-corrected chi connectivity index (χ1v) is 3.83. The number of carbonyl (C=O) groups is 2. The molecule has 0 bridgehead atoms. The van der Waals surface area contributed by atoms with Crippen molar-refractivity contribution in [3.63, 3.8) is 0 Å². The first-order chi connectivity index (χ1) is 6.47. The van der Waals surface area contributed by atoms with Crippen LogP contribution in [0.1, 0.15) is 6.42 Å². The van der Waals surface area contributed by atoms with E-state index in [0.717, 1.165) is 0 Å². The quantitative estimate of drug-likeness (QED) is 0.375. The molecule has 0 aliphatic rings. The van der Waals surface area contributed by atoms with Gasteiger partial charge in [-0.15, -0.1) is 0 Å². The molecule has 0 heterocycles. The largest absolute Gasteiger partial charge is 0.481 e. The van der Waals surface area contributed by atoms with Gasteiger partial charge in [-0.1, -0.05) is 6.58 Å². The molecule has 0 aromatic heterocycles. The third-order valence-electron chi connectivity index (χ3n) is 1.27. The highest BCUT2D eigenvalue weighted by Gasteiger charge is 2.13. The van der Waals surface area contributed by atoms with E-state index in [2.05, 4.69) is 11.3 Å². The van der Waals surface area contributed by atoms with Crippen LogP contribution < -0.4 is 0 Å². The zero-order chi connectivity index (χ0) is 11.1. The summed E-state index contributed by atoms with van der Waals surface area (Å²) < 4.78 is 4.45. The van der Waals surface area contributed by atoms with Gasteiger partial charge in [-0.2, -0.15) is 0 Å². The van der Waals surface area contributed by atoms with Crippen LogP contribution in [0.3, 0.4) is 0 Å². The van der Waals surface area contributed by atoms with Gasteiger partial charge < -0.3 is 20.1 Å². The van der Waals surface area contributed by atoms with Gasteiger partial charge in [-0.05, 0) is 0 Å². The van der Waals surface area contributed by atoms with Crippen molar-refractivity contribution < 1.29 is 29.6 Å². The van der Waals surface area contributed by atoms with E-state index in [1.165, 1.54) is 0 Å². The summed E-state index contributed by atoms with van der Waals surface area (Å²) in [4.78, 5) is 21.1. The maximum absolute atomic E-state index is 10.9. The summed E-state index contributed by atoms with van der Waals surface area (Å²) in [5.74, 6) is -2.07. The second kappa shape index (κ2) is 6.11. The number of carboxylic acids is 1. The van der Waals surface area contributed by atoms with E-state index in [9.17, 15) is 9.59 Å². The molecule has 0 saturated heterocycles. The molecule has 80 valence electrons. The molecule has 0 aliphatic heterocycles. The minimum absolute atomic E-state index is 0.206. The Morgan fingerprint density at radius 1 is 1.43 bits per heavy atom. The van der Waals surface area contributed by atoms with Crippen molar-refractivity contribution in [2.45, 2.75) is 12.5 Å². The van der Waals surface area contributed by atoms with E-state index in [0.29, 0.717) is 0 Å². The van der Waals surface area contributed by atoms with Crippen molar-refractivity contribution >= 4 is 11.9 Å². The van der Waals surface area contributed by atoms with Crippen LogP contribution in [0.15, 0.2) is 12.2 Å². The maximum Gasteiger partial charge on any atom is 0.334 e. The normalized spacial score (nSPS) is 11.9. The average Bonchev–Trinajstić information content (AvgIpc) is 2.12. The van der Waals surface area contributed by atoms with Crippen molar-refractivity contribution in [3.05, 3.63) is 12.2 Å². The smallest absolute Gasteiger partial charge is 0.334 e. The molecule has 0 amide bonds. The summed E-state index contributed by atoms with van der Waals surface area (Å²) in [5, 5.41) is 25.5. The Labute approximate surface area is 80.4 Å². The molecule has 0 rings (SSSR count). The number of hydrogen-bond acceptors (Lipinski definition) is 5. The summed E-state index contributed by atoms with van der Waals surface area (Å²) >= 11 is 0. The summed E-state index contributed by atoms with van der Waals surface area (Å²) in [5.41, 5.74) is -0.206. The van der Waals surface area contributed by atoms with E-state index >= 15 is 0 Å². The number of esters is 1. The predicted octanol–water partition coefficient (Wildman–Crippen LogP) is -1.09. The fourth-order valence-corrected chi connectivity index (χ4v) is 0.581. The van der Waals surface area contributed by atoms with Gasteiger partial charge in [0, 0.05) is 5.57 Å². The van der Waals surface area contributed by atoms with E-state index < -0.39 is 31.1 Å². The van der Waals surface area contributed by atoms with E-state index in [-0.39, 0.29) is 12.2 Å². The first kappa shape index (κ1) is 12.6. The lowest BCUT2D eigenvalue weighted by Crippen LogP contribution is -2.22. The van der Waals surface area contributed by atoms with Gasteiger partial charge in [-0.25, -0.2) is 4.79 Å². The van der Waals surface area contributed by atoms with Gasteiger partial charge in [0.15, 0.2) is 0 Å². The molecular formula is C8H12O6. The second-order valence-corrected chi connectivity index (χ2v) is 2.61. The Morgan fingerprint density at radius 2 is 2.00 bits per heavy atom. The molecule has 0 saturated carbocycles. The van der Waals surface area contributed by atoms with Gasteiger partial charge in [0.1, 0.15) is 12.7 Å². The Morgan fingerprint density at radius 3 is 2.43 bits per heavy atom. The Hall–Kier alpha value is -1.40. The predicted molar refractivity (Wildman–Crippen MR) is 45.4 cm³/mol. The van der Waals surface area contributed by atoms with Crippen LogP contribution in [0, 0.1) is 0 Å². The molecule has 0 spiro atoms. The minimum atomic E-state index is -1.19. The van der Waals surface area contributed by atoms with Crippen molar-refractivity contribution in [2.24, 2.45) is 0 Å². The molecular weight excluding hydrogens is 192 g/mol. The van der Waals surface area contributed by atoms with Crippen molar-refractivity contribution in [2.75, 3.05) is 13.2 Å². The monoisotopic (exact) mass is 204 g/mol. The van der Waals surface area contributed by atoms with Crippen LogP contribution in [0.25, 0.3) is 0 Å². The highest BCUT2D eigenvalue weighted by Crippen LogP contribution is 2.01. The Balaban J connectivity index is 3.85. The number of carbonyl (C=O) groups excluding carboxylic acids is 1. The molecule has 6 heteroatoms. The van der Waals surface area contributed by atoms with Gasteiger partial charge in [0.25, 0.3) is 0 Å². The van der Waals surface area contributed by atoms with E-state index in [1.54, 1.807) is 0 Å². The lowest BCUT2D eigenvalue weighted by molar-refractivity contribution is -0.145. The molecule has 1 unspecified atom stereocenters. The molecule has 0 aliphatic carbocycles. The molecule has 14 heavy (non-hydrogen) atoms. The number of rotatable bonds is 6. The lowest BCUT2D eigenvalue weighted by atomic mass is 10.2. The summed E-state index contributed by atoms with van der Waals surface area (Å²) in [6, 6.07) is 0. The Bertz CT molecular complexity index is 234. The topological polar surface area (TPSA) is 104 Å². The van der Waals surface area contributed by atoms with E-state index in [1.807, 2.05) is 0 Å². The van der Waals surface area contributed by atoms with Crippen LogP contribution in [0.5, 0.6) is 0 Å². The van der Waals surface area contributed by atoms with Gasteiger partial charge in [0.05, 0.1) is 13.0 Å². The molecule has 6 nitrogen and oxygen atoms in total. The van der Waals surface area contributed by atoms with E-state index in [4.69, 9.17) is 15.3 Å². The number of ether oxygens (including phenoxy) is 1. The summed E-state index contributed by atoms with van der Waals surface area (Å²) in [7, 11) is 0. The lowest BCUT2D eigenvalue weighted by Gasteiger charge is -2.08. The standard InChI is InChI=1S/C8H12O6/c1-5(2-7(11)12)8(13)14-4-6(10)3-9/h6,9-10H,1-4H2,(H,11,12). The van der Waals surface area contributed by atoms with Crippen molar-refractivity contribution in [3.8, 4) is 0 Å². The van der Waals surface area contributed by atoms with Crippen LogP contribution >= 0.6 is 0 Å². The maximum atomic E-state index is 10.9. The highest BCUT2D eigenvalue weighted by molar-refractivity contribution is 5.92. The second-order valence-electron chi connectivity index (χ2n) is 2.61. The molecule has 1 atom stereocenters. The number of aliphatic hydroxyl groups is 2. The van der Waals surface area contributed by atoms with Crippen LogP contribution in [0.2, 0.25) is 0 Å². The summed E-state index contributed by atoms with van der Waals surface area (Å²) in [6.07, 6.45) is -1.66. The molecule has 0 aromatic carbocycles. The molecule has 3 N–H and O–H groups in total. The van der Waals surface area contributed by atoms with Gasteiger partial charge >= 0.3 is 11.9 Å². The zero-order valence-electron chi connectivity index (χ0n) is 7.47. The fraction of sp³-hybridized carbons (Fsp3) is 0.500. The van der Waals surface area contributed by atoms with Gasteiger partial charge in [-0.3, -0.25) is 4.79 Å². The number of aliphatic hydroxyl groups excluding tert-OH is 2. The third-order valence-corrected chi connectivity index (χ3v) is 1.27. The van der Waals surface area contributed by atoms with Crippen LogP contribution in [-0.4, -0.2) is 46.6 Å².